The molecule has 1 N–H and O–H groups in total. The van der Waals surface area contributed by atoms with Crippen molar-refractivity contribution in [3.05, 3.63) is 28.8 Å². The Balaban J connectivity index is 3.71. The third-order valence-corrected chi connectivity index (χ3v) is 3.44. The predicted molar refractivity (Wildman–Crippen MR) is 54.9 cm³/mol. The highest BCUT2D eigenvalue weighted by Crippen LogP contribution is 2.26. The van der Waals surface area contributed by atoms with Gasteiger partial charge in [0.1, 0.15) is 11.0 Å². The van der Waals surface area contributed by atoms with Crippen molar-refractivity contribution in [1.29, 1.82) is 5.26 Å². The molecule has 0 amide bonds. The Morgan fingerprint density at radius 2 is 2.13 bits per heavy atom. The summed E-state index contributed by atoms with van der Waals surface area (Å²) in [7, 11) is 1.25. The highest BCUT2D eigenvalue weighted by Gasteiger charge is 2.21. The largest absolute Gasteiger partial charge is 0.392 e. The summed E-state index contributed by atoms with van der Waals surface area (Å²) in [6, 6.07) is 4.74. The molecule has 0 saturated carbocycles. The van der Waals surface area contributed by atoms with Crippen LogP contribution in [0.3, 0.4) is 0 Å². The molecule has 0 aromatic heterocycles. The molecule has 4 nitrogen and oxygen atoms in total. The van der Waals surface area contributed by atoms with E-state index < -0.39 is 15.7 Å². The highest BCUT2D eigenvalue weighted by atomic mass is 35.7. The molecule has 80 valence electrons. The Labute approximate surface area is 92.1 Å². The molecule has 0 unspecified atom stereocenters. The SMILES string of the molecule is Cc1ccc(CO)c(C#N)c1S(=O)(=O)Cl. The van der Waals surface area contributed by atoms with Crippen LogP contribution >= 0.6 is 10.7 Å². The summed E-state index contributed by atoms with van der Waals surface area (Å²) >= 11 is 0. The fourth-order valence-corrected chi connectivity index (χ4v) is 2.77. The Bertz CT molecular complexity index is 531. The Morgan fingerprint density at radius 1 is 1.53 bits per heavy atom. The standard InChI is InChI=1S/C9H8ClNO3S/c1-6-2-3-7(5-12)8(4-11)9(6)15(10,13)14/h2-3,12H,5H2,1H3. The smallest absolute Gasteiger partial charge is 0.262 e. The lowest BCUT2D eigenvalue weighted by Gasteiger charge is -2.07. The number of hydrogen-bond donors (Lipinski definition) is 1. The average molecular weight is 246 g/mol. The van der Waals surface area contributed by atoms with Gasteiger partial charge in [-0.15, -0.1) is 0 Å². The van der Waals surface area contributed by atoms with Gasteiger partial charge in [-0.1, -0.05) is 12.1 Å². The van der Waals surface area contributed by atoms with E-state index in [1.54, 1.807) is 6.07 Å². The average Bonchev–Trinajstić information content (AvgIpc) is 2.15. The number of nitriles is 1. The van der Waals surface area contributed by atoms with Gasteiger partial charge in [-0.05, 0) is 18.1 Å². The minimum Gasteiger partial charge on any atom is -0.392 e. The Hall–Kier alpha value is -1.09. The van der Waals surface area contributed by atoms with Gasteiger partial charge in [0.2, 0.25) is 0 Å². The molecule has 1 aromatic carbocycles. The minimum atomic E-state index is -3.97. The normalized spacial score (nSPS) is 11.1. The Morgan fingerprint density at radius 3 is 2.53 bits per heavy atom. The van der Waals surface area contributed by atoms with Gasteiger partial charge in [-0.2, -0.15) is 5.26 Å². The van der Waals surface area contributed by atoms with Crippen LogP contribution in [0.5, 0.6) is 0 Å². The molecule has 0 radical (unpaired) electrons. The summed E-state index contributed by atoms with van der Waals surface area (Å²) < 4.78 is 22.5. The molecule has 0 saturated heterocycles. The van der Waals surface area contributed by atoms with Crippen molar-refractivity contribution in [3.63, 3.8) is 0 Å². The van der Waals surface area contributed by atoms with Crippen LogP contribution in [0.2, 0.25) is 0 Å². The van der Waals surface area contributed by atoms with E-state index in [0.717, 1.165) is 0 Å². The highest BCUT2D eigenvalue weighted by molar-refractivity contribution is 8.13. The molecule has 0 aliphatic heterocycles. The van der Waals surface area contributed by atoms with E-state index in [4.69, 9.17) is 21.1 Å². The summed E-state index contributed by atoms with van der Waals surface area (Å²) in [6.45, 7) is 1.14. The monoisotopic (exact) mass is 245 g/mol. The zero-order valence-corrected chi connectivity index (χ0v) is 9.43. The molecule has 6 heteroatoms. The van der Waals surface area contributed by atoms with Crippen molar-refractivity contribution in [3.8, 4) is 6.07 Å². The van der Waals surface area contributed by atoms with Crippen molar-refractivity contribution >= 4 is 19.7 Å². The summed E-state index contributed by atoms with van der Waals surface area (Å²) in [5.41, 5.74) is 0.550. The van der Waals surface area contributed by atoms with E-state index in [9.17, 15) is 8.42 Å². The number of nitrogens with zero attached hydrogens (tertiary/aromatic N) is 1. The van der Waals surface area contributed by atoms with Gasteiger partial charge in [0.25, 0.3) is 9.05 Å². The van der Waals surface area contributed by atoms with Crippen molar-refractivity contribution in [1.82, 2.24) is 0 Å². The third kappa shape index (κ3) is 2.29. The lowest BCUT2D eigenvalue weighted by molar-refractivity contribution is 0.281. The lowest BCUT2D eigenvalue weighted by atomic mass is 10.1. The van der Waals surface area contributed by atoms with E-state index in [-0.39, 0.29) is 16.0 Å². The Kier molecular flexibility index (Phi) is 3.35. The molecule has 1 aromatic rings. The maximum Gasteiger partial charge on any atom is 0.262 e. The first-order valence-corrected chi connectivity index (χ1v) is 6.31. The van der Waals surface area contributed by atoms with E-state index in [2.05, 4.69) is 0 Å². The van der Waals surface area contributed by atoms with Gasteiger partial charge in [-0.25, -0.2) is 8.42 Å². The minimum absolute atomic E-state index is 0.0903. The first-order chi connectivity index (χ1) is 6.91. The number of aliphatic hydroxyl groups excluding tert-OH is 1. The molecule has 0 aliphatic rings. The molecule has 15 heavy (non-hydrogen) atoms. The number of halogens is 1. The van der Waals surface area contributed by atoms with Crippen LogP contribution in [0, 0.1) is 18.3 Å². The summed E-state index contributed by atoms with van der Waals surface area (Å²) in [5.74, 6) is 0. The van der Waals surface area contributed by atoms with Crippen LogP contribution in [0.1, 0.15) is 16.7 Å². The van der Waals surface area contributed by atoms with Crippen LogP contribution in [0.4, 0.5) is 0 Å². The van der Waals surface area contributed by atoms with Crippen LogP contribution < -0.4 is 0 Å². The van der Waals surface area contributed by atoms with Gasteiger partial charge in [0.15, 0.2) is 0 Å². The molecule has 0 heterocycles. The maximum absolute atomic E-state index is 11.2. The van der Waals surface area contributed by atoms with Crippen molar-refractivity contribution < 1.29 is 13.5 Å². The molecular weight excluding hydrogens is 238 g/mol. The topological polar surface area (TPSA) is 78.2 Å². The fraction of sp³-hybridized carbons (Fsp3) is 0.222. The predicted octanol–water partition coefficient (Wildman–Crippen LogP) is 1.29. The molecule has 0 aliphatic carbocycles. The molecular formula is C9H8ClNO3S. The second-order valence-electron chi connectivity index (χ2n) is 2.95. The molecule has 0 spiro atoms. The van der Waals surface area contributed by atoms with Crippen LogP contribution in [0.25, 0.3) is 0 Å². The second kappa shape index (κ2) is 4.19. The quantitative estimate of drug-likeness (QED) is 0.797. The first-order valence-electron chi connectivity index (χ1n) is 4.00. The van der Waals surface area contributed by atoms with Crippen LogP contribution in [-0.4, -0.2) is 13.5 Å². The molecule has 0 fully saturated rings. The number of benzene rings is 1. The van der Waals surface area contributed by atoms with Gasteiger partial charge in [0.05, 0.1) is 12.2 Å². The zero-order chi connectivity index (χ0) is 11.6. The lowest BCUT2D eigenvalue weighted by Crippen LogP contribution is -2.02. The van der Waals surface area contributed by atoms with Gasteiger partial charge in [-0.3, -0.25) is 0 Å². The van der Waals surface area contributed by atoms with E-state index in [1.807, 2.05) is 0 Å². The molecule has 0 atom stereocenters. The number of hydrogen-bond acceptors (Lipinski definition) is 4. The maximum atomic E-state index is 11.2. The van der Waals surface area contributed by atoms with E-state index in [1.165, 1.54) is 19.1 Å². The van der Waals surface area contributed by atoms with Crippen molar-refractivity contribution in [2.24, 2.45) is 0 Å². The van der Waals surface area contributed by atoms with Crippen LogP contribution in [-0.2, 0) is 15.7 Å². The number of aryl methyl sites for hydroxylation is 1. The summed E-state index contributed by atoms with van der Waals surface area (Å²) in [4.78, 5) is -0.224. The fourth-order valence-electron chi connectivity index (χ4n) is 1.30. The number of rotatable bonds is 2. The summed E-state index contributed by atoms with van der Waals surface area (Å²) in [5, 5.41) is 17.8. The van der Waals surface area contributed by atoms with Gasteiger partial charge in [0, 0.05) is 10.7 Å². The third-order valence-electron chi connectivity index (χ3n) is 1.97. The second-order valence-corrected chi connectivity index (χ2v) is 5.46. The zero-order valence-electron chi connectivity index (χ0n) is 7.86. The summed E-state index contributed by atoms with van der Waals surface area (Å²) in [6.07, 6.45) is 0. The van der Waals surface area contributed by atoms with Crippen molar-refractivity contribution in [2.45, 2.75) is 18.4 Å². The number of aliphatic hydroxyl groups is 1. The van der Waals surface area contributed by atoms with E-state index >= 15 is 0 Å². The van der Waals surface area contributed by atoms with Gasteiger partial charge < -0.3 is 5.11 Å². The van der Waals surface area contributed by atoms with E-state index in [0.29, 0.717) is 5.56 Å². The first kappa shape index (κ1) is 12.0. The van der Waals surface area contributed by atoms with Crippen molar-refractivity contribution in [2.75, 3.05) is 0 Å². The molecule has 0 bridgehead atoms. The van der Waals surface area contributed by atoms with Crippen LogP contribution in [0.15, 0.2) is 17.0 Å². The van der Waals surface area contributed by atoms with Gasteiger partial charge >= 0.3 is 0 Å². The molecule has 1 rings (SSSR count).